The van der Waals surface area contributed by atoms with Crippen molar-refractivity contribution in [1.29, 1.82) is 0 Å². The summed E-state index contributed by atoms with van der Waals surface area (Å²) in [6.45, 7) is 0. The molecule has 0 spiro atoms. The fraction of sp³-hybridized carbons (Fsp3) is 0.375. The molecule has 0 fully saturated rings. The summed E-state index contributed by atoms with van der Waals surface area (Å²) in [5.41, 5.74) is 1.59. The van der Waals surface area contributed by atoms with E-state index in [1.807, 2.05) is 11.4 Å². The lowest BCUT2D eigenvalue weighted by Crippen LogP contribution is -2.14. The van der Waals surface area contributed by atoms with Crippen LogP contribution in [-0.2, 0) is 17.6 Å². The number of amides is 1. The number of carbonyl (C=O) groups is 2. The van der Waals surface area contributed by atoms with Crippen molar-refractivity contribution in [3.63, 3.8) is 0 Å². The van der Waals surface area contributed by atoms with Crippen LogP contribution in [0.15, 0.2) is 15.9 Å². The number of methoxy groups -OCH3 is 1. The Kier molecular flexibility index (Phi) is 5.18. The highest BCUT2D eigenvalue weighted by molar-refractivity contribution is 9.10. The molecule has 0 saturated carbocycles. The van der Waals surface area contributed by atoms with Crippen molar-refractivity contribution in [2.75, 3.05) is 12.4 Å². The minimum atomic E-state index is -0.370. The highest BCUT2D eigenvalue weighted by atomic mass is 79.9. The Balaban J connectivity index is 1.97. The van der Waals surface area contributed by atoms with Gasteiger partial charge >= 0.3 is 5.97 Å². The molecule has 1 aliphatic rings. The third-order valence-corrected chi connectivity index (χ3v) is 6.90. The number of thiophene rings is 2. The molecule has 0 atom stereocenters. The van der Waals surface area contributed by atoms with Gasteiger partial charge in [0.15, 0.2) is 0 Å². The van der Waals surface area contributed by atoms with Crippen molar-refractivity contribution in [1.82, 2.24) is 0 Å². The van der Waals surface area contributed by atoms with Gasteiger partial charge in [-0.05, 0) is 58.6 Å². The molecule has 0 bridgehead atoms. The average Bonchev–Trinajstić information content (AvgIpc) is 3.03. The smallest absolute Gasteiger partial charge is 0.341 e. The summed E-state index contributed by atoms with van der Waals surface area (Å²) in [5.74, 6) is -0.571. The van der Waals surface area contributed by atoms with E-state index in [2.05, 4.69) is 21.2 Å². The van der Waals surface area contributed by atoms with E-state index < -0.39 is 0 Å². The standard InChI is InChI=1S/C16H16BrNO3S2/c1-21-16(20)12-9-5-3-2-4-6-11(9)23-15(12)18-14(19)13-10(17)7-8-22-13/h7-8H,2-6H2,1H3,(H,18,19). The van der Waals surface area contributed by atoms with Crippen LogP contribution in [0.2, 0.25) is 0 Å². The minimum Gasteiger partial charge on any atom is -0.465 e. The molecule has 0 radical (unpaired) electrons. The van der Waals surface area contributed by atoms with Gasteiger partial charge in [0.2, 0.25) is 0 Å². The lowest BCUT2D eigenvalue weighted by Gasteiger charge is -2.07. The summed E-state index contributed by atoms with van der Waals surface area (Å²) in [5, 5.41) is 5.36. The van der Waals surface area contributed by atoms with Crippen molar-refractivity contribution in [2.45, 2.75) is 32.1 Å². The van der Waals surface area contributed by atoms with Crippen molar-refractivity contribution >= 4 is 55.5 Å². The molecule has 7 heteroatoms. The maximum atomic E-state index is 12.5. The fourth-order valence-corrected chi connectivity index (χ4v) is 5.48. The molecule has 3 rings (SSSR count). The number of nitrogens with one attached hydrogen (secondary N) is 1. The normalized spacial score (nSPS) is 14.0. The van der Waals surface area contributed by atoms with Crippen LogP contribution in [-0.4, -0.2) is 19.0 Å². The molecule has 0 aliphatic heterocycles. The largest absolute Gasteiger partial charge is 0.465 e. The zero-order valence-electron chi connectivity index (χ0n) is 12.6. The maximum absolute atomic E-state index is 12.5. The summed E-state index contributed by atoms with van der Waals surface area (Å²) >= 11 is 6.24. The SMILES string of the molecule is COC(=O)c1c(NC(=O)c2sccc2Br)sc2c1CCCCC2. The van der Waals surface area contributed by atoms with E-state index in [0.29, 0.717) is 15.4 Å². The number of carbonyl (C=O) groups excluding carboxylic acids is 2. The third kappa shape index (κ3) is 3.36. The molecule has 0 saturated heterocycles. The Morgan fingerprint density at radius 3 is 2.74 bits per heavy atom. The zero-order valence-corrected chi connectivity index (χ0v) is 15.8. The molecule has 4 nitrogen and oxygen atoms in total. The predicted octanol–water partition coefficient (Wildman–Crippen LogP) is 4.88. The van der Waals surface area contributed by atoms with Gasteiger partial charge in [0, 0.05) is 9.35 Å². The highest BCUT2D eigenvalue weighted by Gasteiger charge is 2.27. The molecule has 0 aromatic carbocycles. The minimum absolute atomic E-state index is 0.201. The second kappa shape index (κ2) is 7.15. The van der Waals surface area contributed by atoms with Gasteiger partial charge in [0.1, 0.15) is 9.88 Å². The third-order valence-electron chi connectivity index (χ3n) is 3.86. The second-order valence-electron chi connectivity index (χ2n) is 5.31. The summed E-state index contributed by atoms with van der Waals surface area (Å²) in [7, 11) is 1.38. The van der Waals surface area contributed by atoms with Crippen molar-refractivity contribution in [3.8, 4) is 0 Å². The summed E-state index contributed by atoms with van der Waals surface area (Å²) in [6.07, 6.45) is 5.19. The first-order valence-corrected chi connectivity index (χ1v) is 9.88. The first kappa shape index (κ1) is 16.7. The van der Waals surface area contributed by atoms with E-state index in [1.54, 1.807) is 0 Å². The van der Waals surface area contributed by atoms with Crippen LogP contribution in [0.1, 0.15) is 49.7 Å². The number of esters is 1. The number of aryl methyl sites for hydroxylation is 1. The lowest BCUT2D eigenvalue weighted by atomic mass is 10.1. The molecule has 23 heavy (non-hydrogen) atoms. The van der Waals surface area contributed by atoms with Crippen molar-refractivity contribution in [2.24, 2.45) is 0 Å². The first-order valence-electron chi connectivity index (χ1n) is 7.39. The van der Waals surface area contributed by atoms with Gasteiger partial charge in [0.05, 0.1) is 12.7 Å². The Labute approximate surface area is 151 Å². The van der Waals surface area contributed by atoms with Crippen molar-refractivity contribution in [3.05, 3.63) is 36.8 Å². The first-order chi connectivity index (χ1) is 11.1. The van der Waals surface area contributed by atoms with Crippen LogP contribution in [0.3, 0.4) is 0 Å². The summed E-state index contributed by atoms with van der Waals surface area (Å²) in [6, 6.07) is 1.84. The summed E-state index contributed by atoms with van der Waals surface area (Å²) in [4.78, 5) is 26.5. The summed E-state index contributed by atoms with van der Waals surface area (Å²) < 4.78 is 5.71. The second-order valence-corrected chi connectivity index (χ2v) is 8.19. The number of fused-ring (bicyclic) bond motifs is 1. The molecule has 1 amide bonds. The quantitative estimate of drug-likeness (QED) is 0.575. The Hall–Kier alpha value is -1.18. The van der Waals surface area contributed by atoms with E-state index in [9.17, 15) is 9.59 Å². The molecule has 1 N–H and O–H groups in total. The number of halogens is 1. The number of rotatable bonds is 3. The number of anilines is 1. The van der Waals surface area contributed by atoms with E-state index in [4.69, 9.17) is 4.74 Å². The van der Waals surface area contributed by atoms with Crippen LogP contribution in [0, 0.1) is 0 Å². The van der Waals surface area contributed by atoms with Crippen LogP contribution in [0.25, 0.3) is 0 Å². The fourth-order valence-electron chi connectivity index (χ4n) is 2.76. The van der Waals surface area contributed by atoms with Gasteiger partial charge in [-0.2, -0.15) is 0 Å². The van der Waals surface area contributed by atoms with Gasteiger partial charge in [-0.25, -0.2) is 4.79 Å². The topological polar surface area (TPSA) is 55.4 Å². The van der Waals surface area contributed by atoms with Crippen LogP contribution >= 0.6 is 38.6 Å². The van der Waals surface area contributed by atoms with Crippen LogP contribution in [0.5, 0.6) is 0 Å². The van der Waals surface area contributed by atoms with Crippen LogP contribution < -0.4 is 5.32 Å². The number of hydrogen-bond acceptors (Lipinski definition) is 5. The molecule has 2 heterocycles. The molecular weight excluding hydrogens is 398 g/mol. The number of ether oxygens (including phenoxy) is 1. The highest BCUT2D eigenvalue weighted by Crippen LogP contribution is 2.38. The van der Waals surface area contributed by atoms with E-state index >= 15 is 0 Å². The Bertz CT molecular complexity index is 751. The van der Waals surface area contributed by atoms with Crippen molar-refractivity contribution < 1.29 is 14.3 Å². The van der Waals surface area contributed by atoms with Gasteiger partial charge in [0.25, 0.3) is 5.91 Å². The lowest BCUT2D eigenvalue weighted by molar-refractivity contribution is 0.0601. The molecule has 1 aliphatic carbocycles. The number of hydrogen-bond donors (Lipinski definition) is 1. The Morgan fingerprint density at radius 1 is 1.26 bits per heavy atom. The predicted molar refractivity (Wildman–Crippen MR) is 96.9 cm³/mol. The molecule has 2 aromatic heterocycles. The zero-order chi connectivity index (χ0) is 16.4. The van der Waals surface area contributed by atoms with E-state index in [1.165, 1.54) is 41.1 Å². The van der Waals surface area contributed by atoms with E-state index in [0.717, 1.165) is 35.7 Å². The van der Waals surface area contributed by atoms with Crippen LogP contribution in [0.4, 0.5) is 5.00 Å². The van der Waals surface area contributed by atoms with Gasteiger partial charge in [-0.1, -0.05) is 6.42 Å². The maximum Gasteiger partial charge on any atom is 0.341 e. The van der Waals surface area contributed by atoms with E-state index in [-0.39, 0.29) is 11.9 Å². The monoisotopic (exact) mass is 413 g/mol. The van der Waals surface area contributed by atoms with Gasteiger partial charge < -0.3 is 10.1 Å². The molecule has 122 valence electrons. The Morgan fingerprint density at radius 2 is 2.04 bits per heavy atom. The molecule has 2 aromatic rings. The average molecular weight is 414 g/mol. The molecule has 0 unspecified atom stereocenters. The van der Waals surface area contributed by atoms with Gasteiger partial charge in [-0.15, -0.1) is 22.7 Å². The van der Waals surface area contributed by atoms with Gasteiger partial charge in [-0.3, -0.25) is 4.79 Å². The molecular formula is C16H16BrNO3S2.